The number of fused-ring (bicyclic) bond motifs is 1. The van der Waals surface area contributed by atoms with Gasteiger partial charge in [-0.1, -0.05) is 0 Å². The second-order valence-electron chi connectivity index (χ2n) is 10.3. The van der Waals surface area contributed by atoms with E-state index >= 15 is 0 Å². The Balaban J connectivity index is 1.55. The standard InChI is InChI=1S/C27H28F2N4O5S/c1-27(2,3)39(35,36)31-26(34)22-15-30-33-9-6-19(14-24(22)33)32-16-18(29)13-23(32)21-12-17(28)4-5-25(21)38-20-7-10-37-11-8-20/h4-6,9,12-16,20H,7-8,10-11H2,1-3H3,(H,31,34). The van der Waals surface area contributed by atoms with Gasteiger partial charge in [-0.15, -0.1) is 0 Å². The molecule has 4 heterocycles. The van der Waals surface area contributed by atoms with Crippen molar-refractivity contribution in [2.75, 3.05) is 13.2 Å². The molecule has 4 aromatic rings. The van der Waals surface area contributed by atoms with E-state index in [1.54, 1.807) is 18.3 Å². The molecule has 206 valence electrons. The fraction of sp³-hybridized carbons (Fsp3) is 0.333. The summed E-state index contributed by atoms with van der Waals surface area (Å²) in [6.07, 6.45) is 5.30. The number of ether oxygens (including phenoxy) is 2. The molecule has 0 spiro atoms. The van der Waals surface area contributed by atoms with E-state index in [2.05, 4.69) is 9.82 Å². The van der Waals surface area contributed by atoms with Crippen molar-refractivity contribution < 1.29 is 31.5 Å². The average Bonchev–Trinajstić information content (AvgIpc) is 3.48. The van der Waals surface area contributed by atoms with Crippen molar-refractivity contribution >= 4 is 21.4 Å². The third-order valence-electron chi connectivity index (χ3n) is 6.53. The summed E-state index contributed by atoms with van der Waals surface area (Å²) < 4.78 is 69.5. The van der Waals surface area contributed by atoms with Crippen LogP contribution >= 0.6 is 0 Å². The lowest BCUT2D eigenvalue weighted by atomic mass is 10.1. The quantitative estimate of drug-likeness (QED) is 0.374. The fourth-order valence-electron chi connectivity index (χ4n) is 4.25. The van der Waals surface area contributed by atoms with Crippen molar-refractivity contribution in [2.24, 2.45) is 0 Å². The van der Waals surface area contributed by atoms with Gasteiger partial charge >= 0.3 is 0 Å². The van der Waals surface area contributed by atoms with Crippen LogP contribution in [0.3, 0.4) is 0 Å². The number of carbonyl (C=O) groups is 1. The molecule has 1 aliphatic heterocycles. The highest BCUT2D eigenvalue weighted by Crippen LogP contribution is 2.35. The van der Waals surface area contributed by atoms with Crippen molar-refractivity contribution in [1.82, 2.24) is 18.9 Å². The highest BCUT2D eigenvalue weighted by atomic mass is 32.2. The minimum Gasteiger partial charge on any atom is -0.490 e. The smallest absolute Gasteiger partial charge is 0.268 e. The number of carbonyl (C=O) groups excluding carboxylic acids is 1. The van der Waals surface area contributed by atoms with E-state index in [-0.39, 0.29) is 11.7 Å². The van der Waals surface area contributed by atoms with Crippen LogP contribution in [0.1, 0.15) is 44.0 Å². The van der Waals surface area contributed by atoms with Gasteiger partial charge in [0.1, 0.15) is 23.5 Å². The van der Waals surface area contributed by atoms with E-state index in [1.165, 1.54) is 66.5 Å². The molecule has 1 saturated heterocycles. The van der Waals surface area contributed by atoms with Crippen LogP contribution in [0, 0.1) is 11.6 Å². The van der Waals surface area contributed by atoms with Crippen molar-refractivity contribution in [1.29, 1.82) is 0 Å². The lowest BCUT2D eigenvalue weighted by Gasteiger charge is -2.25. The van der Waals surface area contributed by atoms with Gasteiger partial charge in [0, 0.05) is 42.6 Å². The number of hydrogen-bond donors (Lipinski definition) is 1. The molecule has 0 saturated carbocycles. The van der Waals surface area contributed by atoms with Crippen molar-refractivity contribution in [3.8, 4) is 22.7 Å². The van der Waals surface area contributed by atoms with E-state index in [0.29, 0.717) is 54.3 Å². The maximum absolute atomic E-state index is 14.7. The van der Waals surface area contributed by atoms with Gasteiger partial charge in [-0.25, -0.2) is 26.4 Å². The predicted octanol–water partition coefficient (Wildman–Crippen LogP) is 4.49. The number of pyridine rings is 1. The maximum Gasteiger partial charge on any atom is 0.268 e. The number of benzene rings is 1. The van der Waals surface area contributed by atoms with Gasteiger partial charge in [0.25, 0.3) is 5.91 Å². The SMILES string of the molecule is CC(C)(C)S(=O)(=O)NC(=O)c1cnn2ccc(-n3cc(F)cc3-c3cc(F)ccc3OC3CCOCC3)cc12. The van der Waals surface area contributed by atoms with Gasteiger partial charge in [0.2, 0.25) is 10.0 Å². The number of halogens is 2. The van der Waals surface area contributed by atoms with Crippen LogP contribution < -0.4 is 9.46 Å². The zero-order valence-corrected chi connectivity index (χ0v) is 22.5. The van der Waals surface area contributed by atoms with Crippen LogP contribution in [0.5, 0.6) is 5.75 Å². The number of nitrogens with one attached hydrogen (secondary N) is 1. The van der Waals surface area contributed by atoms with Crippen molar-refractivity contribution in [3.05, 3.63) is 72.2 Å². The van der Waals surface area contributed by atoms with Crippen LogP contribution in [0.2, 0.25) is 0 Å². The largest absolute Gasteiger partial charge is 0.490 e. The topological polar surface area (TPSA) is 104 Å². The summed E-state index contributed by atoms with van der Waals surface area (Å²) in [7, 11) is -3.96. The highest BCUT2D eigenvalue weighted by molar-refractivity contribution is 7.91. The Morgan fingerprint density at radius 1 is 1.10 bits per heavy atom. The first kappa shape index (κ1) is 26.8. The maximum atomic E-state index is 14.7. The van der Waals surface area contributed by atoms with Gasteiger partial charge in [-0.2, -0.15) is 5.10 Å². The van der Waals surface area contributed by atoms with Gasteiger partial charge in [0.05, 0.1) is 40.9 Å². The Kier molecular flexibility index (Phi) is 6.93. The lowest BCUT2D eigenvalue weighted by Crippen LogP contribution is -2.42. The molecule has 0 bridgehead atoms. The summed E-state index contributed by atoms with van der Waals surface area (Å²) in [5.41, 5.74) is 1.45. The first-order chi connectivity index (χ1) is 18.4. The summed E-state index contributed by atoms with van der Waals surface area (Å²) in [4.78, 5) is 12.9. The van der Waals surface area contributed by atoms with Crippen LogP contribution in [0.15, 0.2) is 55.0 Å². The molecule has 0 radical (unpaired) electrons. The Bertz CT molecular complexity index is 1650. The second kappa shape index (κ2) is 10.1. The van der Waals surface area contributed by atoms with Gasteiger partial charge in [-0.05, 0) is 51.1 Å². The third-order valence-corrected chi connectivity index (χ3v) is 8.59. The van der Waals surface area contributed by atoms with Crippen LogP contribution in [0.4, 0.5) is 8.78 Å². The molecule has 0 unspecified atom stereocenters. The first-order valence-electron chi connectivity index (χ1n) is 12.4. The summed E-state index contributed by atoms with van der Waals surface area (Å²) in [5, 5.41) is 4.14. The number of sulfonamides is 1. The predicted molar refractivity (Wildman–Crippen MR) is 140 cm³/mol. The number of amides is 1. The summed E-state index contributed by atoms with van der Waals surface area (Å²) in [6, 6.07) is 8.59. The summed E-state index contributed by atoms with van der Waals surface area (Å²) in [6.45, 7) is 5.55. The van der Waals surface area contributed by atoms with Crippen LogP contribution in [0.25, 0.3) is 22.5 Å². The Hall–Kier alpha value is -3.77. The average molecular weight is 559 g/mol. The molecule has 0 atom stereocenters. The van der Waals surface area contributed by atoms with Gasteiger partial charge < -0.3 is 14.0 Å². The van der Waals surface area contributed by atoms with Crippen LogP contribution in [-0.2, 0) is 14.8 Å². The van der Waals surface area contributed by atoms with Crippen molar-refractivity contribution in [3.63, 3.8) is 0 Å². The molecular formula is C27H28F2N4O5S. The molecule has 0 aliphatic carbocycles. The van der Waals surface area contributed by atoms with Crippen LogP contribution in [-0.4, -0.2) is 52.6 Å². The van der Waals surface area contributed by atoms with Crippen molar-refractivity contribution in [2.45, 2.75) is 44.5 Å². The minimum atomic E-state index is -3.96. The first-order valence-corrected chi connectivity index (χ1v) is 13.9. The molecule has 9 nitrogen and oxygen atoms in total. The summed E-state index contributed by atoms with van der Waals surface area (Å²) in [5.74, 6) is -1.51. The second-order valence-corrected chi connectivity index (χ2v) is 12.7. The Labute approximate surface area is 224 Å². The normalized spacial score (nSPS) is 15.0. The van der Waals surface area contributed by atoms with E-state index < -0.39 is 32.3 Å². The highest BCUT2D eigenvalue weighted by Gasteiger charge is 2.32. The molecule has 1 N–H and O–H groups in total. The zero-order chi connectivity index (χ0) is 27.9. The molecule has 1 amide bonds. The third kappa shape index (κ3) is 5.39. The molecule has 1 aliphatic rings. The molecular weight excluding hydrogens is 530 g/mol. The Morgan fingerprint density at radius 3 is 2.56 bits per heavy atom. The van der Waals surface area contributed by atoms with Gasteiger partial charge in [-0.3, -0.25) is 4.79 Å². The summed E-state index contributed by atoms with van der Waals surface area (Å²) >= 11 is 0. The minimum absolute atomic E-state index is 0.0214. The monoisotopic (exact) mass is 558 g/mol. The number of rotatable bonds is 6. The molecule has 5 rings (SSSR count). The molecule has 39 heavy (non-hydrogen) atoms. The lowest BCUT2D eigenvalue weighted by molar-refractivity contribution is 0.0257. The molecule has 1 fully saturated rings. The zero-order valence-electron chi connectivity index (χ0n) is 21.6. The molecule has 1 aromatic carbocycles. The number of nitrogens with zero attached hydrogens (tertiary/aromatic N) is 3. The van der Waals surface area contributed by atoms with E-state index in [1.807, 2.05) is 0 Å². The van der Waals surface area contributed by atoms with E-state index in [4.69, 9.17) is 9.47 Å². The van der Waals surface area contributed by atoms with E-state index in [9.17, 15) is 22.0 Å². The fourth-order valence-corrected chi connectivity index (χ4v) is 4.91. The molecule has 12 heteroatoms. The molecule has 3 aromatic heterocycles. The number of hydrogen-bond acceptors (Lipinski definition) is 6. The van der Waals surface area contributed by atoms with Gasteiger partial charge in [0.15, 0.2) is 0 Å². The van der Waals surface area contributed by atoms with E-state index in [0.717, 1.165) is 0 Å². The number of aromatic nitrogens is 3. The Morgan fingerprint density at radius 2 is 1.85 bits per heavy atom.